The maximum absolute atomic E-state index is 6.03. The maximum atomic E-state index is 6.03. The van der Waals surface area contributed by atoms with E-state index in [1.54, 1.807) is 0 Å². The minimum atomic E-state index is 0.726. The zero-order valence-electron chi connectivity index (χ0n) is 14.0. The summed E-state index contributed by atoms with van der Waals surface area (Å²) in [5, 5.41) is 1.34. The highest BCUT2D eigenvalue weighted by Crippen LogP contribution is 2.40. The highest BCUT2D eigenvalue weighted by Gasteiger charge is 2.23. The molecule has 0 spiro atoms. The number of nitrogens with zero attached hydrogens (tertiary/aromatic N) is 1. The van der Waals surface area contributed by atoms with E-state index in [1.165, 1.54) is 33.3 Å². The third-order valence-electron chi connectivity index (χ3n) is 5.01. The van der Waals surface area contributed by atoms with Crippen LogP contribution >= 0.6 is 0 Å². The van der Waals surface area contributed by atoms with Crippen molar-refractivity contribution in [3.05, 3.63) is 90.0 Å². The monoisotopic (exact) mass is 325 g/mol. The molecule has 0 amide bonds. The van der Waals surface area contributed by atoms with E-state index in [-0.39, 0.29) is 0 Å². The van der Waals surface area contributed by atoms with Gasteiger partial charge < -0.3 is 9.30 Å². The van der Waals surface area contributed by atoms with Crippen LogP contribution in [-0.2, 0) is 13.0 Å². The van der Waals surface area contributed by atoms with E-state index >= 15 is 0 Å². The lowest BCUT2D eigenvalue weighted by Gasteiger charge is -2.13. The summed E-state index contributed by atoms with van der Waals surface area (Å²) in [5.41, 5.74) is 6.51. The Morgan fingerprint density at radius 2 is 1.56 bits per heavy atom. The summed E-state index contributed by atoms with van der Waals surface area (Å²) in [5.74, 6) is 0.985. The Morgan fingerprint density at radius 3 is 2.48 bits per heavy atom. The molecule has 1 aliphatic heterocycles. The first-order valence-corrected chi connectivity index (χ1v) is 8.78. The summed E-state index contributed by atoms with van der Waals surface area (Å²) in [7, 11) is 0. The van der Waals surface area contributed by atoms with Gasteiger partial charge in [-0.1, -0.05) is 60.7 Å². The van der Waals surface area contributed by atoms with Crippen molar-refractivity contribution in [3.63, 3.8) is 0 Å². The molecule has 0 unspecified atom stereocenters. The van der Waals surface area contributed by atoms with Gasteiger partial charge in [-0.05, 0) is 29.3 Å². The molecule has 25 heavy (non-hydrogen) atoms. The zero-order valence-corrected chi connectivity index (χ0v) is 14.0. The molecule has 122 valence electrons. The zero-order chi connectivity index (χ0) is 16.6. The molecule has 2 nitrogen and oxygen atoms in total. The van der Waals surface area contributed by atoms with Gasteiger partial charge in [0.05, 0.1) is 12.3 Å². The largest absolute Gasteiger partial charge is 0.493 e. The molecule has 1 aliphatic rings. The Morgan fingerprint density at radius 1 is 0.800 bits per heavy atom. The second-order valence-corrected chi connectivity index (χ2v) is 6.51. The second-order valence-electron chi connectivity index (χ2n) is 6.51. The van der Waals surface area contributed by atoms with Crippen molar-refractivity contribution in [2.45, 2.75) is 13.0 Å². The number of hydrogen-bond donors (Lipinski definition) is 0. The van der Waals surface area contributed by atoms with Crippen LogP contribution < -0.4 is 4.74 Å². The van der Waals surface area contributed by atoms with Gasteiger partial charge in [-0.2, -0.15) is 0 Å². The summed E-state index contributed by atoms with van der Waals surface area (Å²) in [6.45, 7) is 1.59. The molecular formula is C23H19NO. The maximum Gasteiger partial charge on any atom is 0.128 e. The first kappa shape index (κ1) is 14.4. The molecule has 0 aliphatic carbocycles. The van der Waals surface area contributed by atoms with Gasteiger partial charge in [0.2, 0.25) is 0 Å². The number of benzene rings is 3. The number of para-hydroxylation sites is 2. The summed E-state index contributed by atoms with van der Waals surface area (Å²) >= 11 is 0. The van der Waals surface area contributed by atoms with Crippen LogP contribution in [0.5, 0.6) is 5.75 Å². The fraction of sp³-hybridized carbons (Fsp3) is 0.130. The van der Waals surface area contributed by atoms with Crippen molar-refractivity contribution in [1.29, 1.82) is 0 Å². The SMILES string of the molecule is c1ccc(Cn2c3c(c4ccccc42)CCOc2ccccc2-3)cc1. The lowest BCUT2D eigenvalue weighted by molar-refractivity contribution is 0.327. The molecular weight excluding hydrogens is 306 g/mol. The quantitative estimate of drug-likeness (QED) is 0.488. The number of hydrogen-bond acceptors (Lipinski definition) is 1. The van der Waals surface area contributed by atoms with E-state index in [0.717, 1.165) is 25.3 Å². The van der Waals surface area contributed by atoms with E-state index in [0.29, 0.717) is 0 Å². The molecule has 2 heterocycles. The first-order chi connectivity index (χ1) is 12.4. The van der Waals surface area contributed by atoms with Crippen LogP contribution in [0, 0.1) is 0 Å². The Bertz CT molecular complexity index is 1050. The van der Waals surface area contributed by atoms with E-state index in [9.17, 15) is 0 Å². The highest BCUT2D eigenvalue weighted by molar-refractivity contribution is 5.93. The molecule has 0 N–H and O–H groups in total. The van der Waals surface area contributed by atoms with Crippen molar-refractivity contribution in [2.24, 2.45) is 0 Å². The number of rotatable bonds is 2. The van der Waals surface area contributed by atoms with Crippen LogP contribution in [-0.4, -0.2) is 11.2 Å². The summed E-state index contributed by atoms with van der Waals surface area (Å²) in [6, 6.07) is 27.8. The smallest absolute Gasteiger partial charge is 0.128 e. The lowest BCUT2D eigenvalue weighted by atomic mass is 10.0. The van der Waals surface area contributed by atoms with Crippen LogP contribution in [0.15, 0.2) is 78.9 Å². The van der Waals surface area contributed by atoms with Gasteiger partial charge in [0, 0.05) is 29.4 Å². The van der Waals surface area contributed by atoms with E-state index in [1.807, 2.05) is 6.07 Å². The molecule has 0 radical (unpaired) electrons. The Labute approximate surface area is 147 Å². The van der Waals surface area contributed by atoms with Crippen molar-refractivity contribution in [2.75, 3.05) is 6.61 Å². The summed E-state index contributed by atoms with van der Waals surface area (Å²) in [6.07, 6.45) is 0.937. The molecule has 2 heteroatoms. The molecule has 0 fully saturated rings. The van der Waals surface area contributed by atoms with Crippen LogP contribution in [0.4, 0.5) is 0 Å². The molecule has 1 aromatic heterocycles. The van der Waals surface area contributed by atoms with Crippen LogP contribution in [0.25, 0.3) is 22.2 Å². The van der Waals surface area contributed by atoms with Gasteiger partial charge in [0.1, 0.15) is 5.75 Å². The van der Waals surface area contributed by atoms with Crippen molar-refractivity contribution in [1.82, 2.24) is 4.57 Å². The third kappa shape index (κ3) is 2.33. The standard InChI is InChI=1S/C23H19NO/c1-2-8-17(9-3-1)16-24-21-12-6-4-10-18(21)19-14-15-25-22-13-7-5-11-20(22)23(19)24/h1-13H,14-16H2. The van der Waals surface area contributed by atoms with Crippen LogP contribution in [0.2, 0.25) is 0 Å². The average Bonchev–Trinajstić information content (AvgIpc) is 2.84. The molecule has 0 bridgehead atoms. The number of aromatic nitrogens is 1. The highest BCUT2D eigenvalue weighted by atomic mass is 16.5. The third-order valence-corrected chi connectivity index (χ3v) is 5.01. The van der Waals surface area contributed by atoms with Gasteiger partial charge in [-0.3, -0.25) is 0 Å². The Hall–Kier alpha value is -3.00. The average molecular weight is 325 g/mol. The van der Waals surface area contributed by atoms with E-state index < -0.39 is 0 Å². The molecule has 3 aromatic carbocycles. The molecule has 0 saturated heterocycles. The normalized spacial score (nSPS) is 13.0. The van der Waals surface area contributed by atoms with E-state index in [2.05, 4.69) is 77.4 Å². The molecule has 4 aromatic rings. The van der Waals surface area contributed by atoms with Gasteiger partial charge in [-0.25, -0.2) is 0 Å². The molecule has 0 saturated carbocycles. The summed E-state index contributed by atoms with van der Waals surface area (Å²) < 4.78 is 8.48. The second kappa shape index (κ2) is 5.82. The lowest BCUT2D eigenvalue weighted by Crippen LogP contribution is -2.02. The van der Waals surface area contributed by atoms with Crippen molar-refractivity contribution >= 4 is 10.9 Å². The van der Waals surface area contributed by atoms with Crippen LogP contribution in [0.1, 0.15) is 11.1 Å². The topological polar surface area (TPSA) is 14.2 Å². The number of ether oxygens (including phenoxy) is 1. The van der Waals surface area contributed by atoms with E-state index in [4.69, 9.17) is 4.74 Å². The predicted molar refractivity (Wildman–Crippen MR) is 102 cm³/mol. The van der Waals surface area contributed by atoms with Gasteiger partial charge in [0.25, 0.3) is 0 Å². The molecule has 5 rings (SSSR count). The summed E-state index contributed by atoms with van der Waals surface area (Å²) in [4.78, 5) is 0. The van der Waals surface area contributed by atoms with Crippen molar-refractivity contribution < 1.29 is 4.74 Å². The minimum Gasteiger partial charge on any atom is -0.493 e. The van der Waals surface area contributed by atoms with Crippen LogP contribution in [0.3, 0.4) is 0 Å². The van der Waals surface area contributed by atoms with Gasteiger partial charge >= 0.3 is 0 Å². The Balaban J connectivity index is 1.82. The Kier molecular flexibility index (Phi) is 3.34. The van der Waals surface area contributed by atoms with Gasteiger partial charge in [-0.15, -0.1) is 0 Å². The fourth-order valence-corrected chi connectivity index (χ4v) is 3.92. The fourth-order valence-electron chi connectivity index (χ4n) is 3.92. The number of fused-ring (bicyclic) bond motifs is 5. The molecule has 0 atom stereocenters. The first-order valence-electron chi connectivity index (χ1n) is 8.78. The van der Waals surface area contributed by atoms with Crippen molar-refractivity contribution in [3.8, 4) is 17.0 Å². The van der Waals surface area contributed by atoms with Gasteiger partial charge in [0.15, 0.2) is 0 Å². The minimum absolute atomic E-state index is 0.726. The predicted octanol–water partition coefficient (Wildman–Crippen LogP) is 5.29.